The number of aromatic nitrogens is 3. The summed E-state index contributed by atoms with van der Waals surface area (Å²) < 4.78 is 20.4. The van der Waals surface area contributed by atoms with Crippen molar-refractivity contribution in [3.05, 3.63) is 71.4 Å². The fraction of sp³-hybridized carbons (Fsp3) is 0.200. The molecule has 0 bridgehead atoms. The summed E-state index contributed by atoms with van der Waals surface area (Å²) in [6, 6.07) is 18.5. The molecule has 1 aliphatic rings. The summed E-state index contributed by atoms with van der Waals surface area (Å²) in [6.45, 7) is 3.30. The number of nitrogens with zero attached hydrogens (tertiary/aromatic N) is 4. The normalized spacial score (nSPS) is 13.1. The average Bonchev–Trinajstić information content (AvgIpc) is 3.63. The van der Waals surface area contributed by atoms with Gasteiger partial charge in [0.1, 0.15) is 17.6 Å². The van der Waals surface area contributed by atoms with Gasteiger partial charge in [0.2, 0.25) is 0 Å². The van der Waals surface area contributed by atoms with E-state index in [1.807, 2.05) is 29.6 Å². The number of anilines is 1. The van der Waals surface area contributed by atoms with E-state index in [1.54, 1.807) is 11.3 Å². The average molecular weight is 574 g/mol. The van der Waals surface area contributed by atoms with Crippen molar-refractivity contribution in [2.24, 2.45) is 0 Å². The minimum Gasteiger partial charge on any atom is -0.427 e. The van der Waals surface area contributed by atoms with E-state index in [9.17, 15) is 10.1 Å². The highest BCUT2D eigenvalue weighted by atomic mass is 35.5. The van der Waals surface area contributed by atoms with Crippen molar-refractivity contribution >= 4 is 46.4 Å². The lowest BCUT2D eigenvalue weighted by Gasteiger charge is -2.29. The second kappa shape index (κ2) is 11.5. The number of pyridine rings is 1. The number of hydrogen-bond donors (Lipinski definition) is 1. The molecule has 0 radical (unpaired) electrons. The Labute approximate surface area is 240 Å². The van der Waals surface area contributed by atoms with Crippen molar-refractivity contribution in [3.8, 4) is 44.8 Å². The Hall–Kier alpha value is -4.26. The van der Waals surface area contributed by atoms with Crippen LogP contribution >= 0.6 is 23.7 Å². The van der Waals surface area contributed by atoms with E-state index >= 15 is 4.39 Å². The van der Waals surface area contributed by atoms with Gasteiger partial charge in [-0.1, -0.05) is 18.2 Å². The van der Waals surface area contributed by atoms with Gasteiger partial charge in [-0.05, 0) is 60.5 Å². The molecule has 0 saturated carbocycles. The van der Waals surface area contributed by atoms with E-state index in [2.05, 4.69) is 38.3 Å². The summed E-state index contributed by atoms with van der Waals surface area (Å²) in [5.41, 5.74) is 4.28. The number of thiophene rings is 1. The number of hydrogen-bond acceptors (Lipinski definition) is 7. The molecule has 1 saturated heterocycles. The molecule has 7 nitrogen and oxygen atoms in total. The lowest BCUT2D eigenvalue weighted by atomic mass is 9.92. The van der Waals surface area contributed by atoms with Gasteiger partial charge in [-0.3, -0.25) is 9.89 Å². The maximum absolute atomic E-state index is 15.4. The highest BCUT2D eigenvalue weighted by molar-refractivity contribution is 7.13. The van der Waals surface area contributed by atoms with Gasteiger partial charge in [-0.15, -0.1) is 23.7 Å². The van der Waals surface area contributed by atoms with E-state index in [0.717, 1.165) is 41.0 Å². The van der Waals surface area contributed by atoms with E-state index in [1.165, 1.54) is 38.3 Å². The predicted octanol–water partition coefficient (Wildman–Crippen LogP) is 7.37. The largest absolute Gasteiger partial charge is 0.427 e. The number of fused-ring (bicyclic) bond motifs is 1. The maximum Gasteiger partial charge on any atom is 0.308 e. The molecule has 2 aromatic carbocycles. The summed E-state index contributed by atoms with van der Waals surface area (Å²) in [6.07, 6.45) is 3.60. The first-order chi connectivity index (χ1) is 19.0. The number of carbonyl (C=O) groups excluding carboxylic acids is 1. The molecular formula is C30H25ClFN5O2S. The van der Waals surface area contributed by atoms with Crippen LogP contribution in [0.15, 0.2) is 60.0 Å². The number of nitriles is 1. The van der Waals surface area contributed by atoms with Gasteiger partial charge < -0.3 is 9.64 Å². The van der Waals surface area contributed by atoms with E-state index < -0.39 is 11.8 Å². The van der Waals surface area contributed by atoms with E-state index in [4.69, 9.17) is 4.74 Å². The van der Waals surface area contributed by atoms with Crippen molar-refractivity contribution in [2.45, 2.75) is 26.2 Å². The predicted molar refractivity (Wildman–Crippen MR) is 157 cm³/mol. The monoisotopic (exact) mass is 573 g/mol. The molecule has 5 aromatic rings. The molecule has 0 unspecified atom stereocenters. The highest BCUT2D eigenvalue weighted by Gasteiger charge is 2.25. The van der Waals surface area contributed by atoms with Crippen LogP contribution in [-0.2, 0) is 4.79 Å². The number of benzene rings is 2. The lowest BCUT2D eigenvalue weighted by molar-refractivity contribution is -0.131. The molecular weight excluding hydrogens is 549 g/mol. The smallest absolute Gasteiger partial charge is 0.308 e. The zero-order valence-corrected chi connectivity index (χ0v) is 23.2. The van der Waals surface area contributed by atoms with E-state index in [0.29, 0.717) is 16.6 Å². The highest BCUT2D eigenvalue weighted by Crippen LogP contribution is 2.42. The third-order valence-corrected chi connectivity index (χ3v) is 7.80. The number of ether oxygens (including phenoxy) is 1. The molecule has 0 aliphatic carbocycles. The second-order valence-corrected chi connectivity index (χ2v) is 10.4. The standard InChI is InChI=1S/C30H24FN5O2S.ClH/c1-18(37)38-21-11-12-22(24(31)16-21)28-23(17-32)26(19-7-9-20(10-8-19)36-13-3-2-4-14-36)27-29(25-6-5-15-39-25)34-35-30(27)33-28;/h5-12,15-16H,2-4,13-14H2,1H3,(H,33,34,35);1H. The van der Waals surface area contributed by atoms with Crippen LogP contribution in [0.3, 0.4) is 0 Å². The van der Waals surface area contributed by atoms with Crippen LogP contribution in [0, 0.1) is 17.1 Å². The van der Waals surface area contributed by atoms with Gasteiger partial charge in [0.25, 0.3) is 0 Å². The number of nitrogens with one attached hydrogen (secondary N) is 1. The molecule has 4 heterocycles. The van der Waals surface area contributed by atoms with Crippen molar-refractivity contribution < 1.29 is 13.9 Å². The molecule has 3 aromatic heterocycles. The third kappa shape index (κ3) is 5.04. The molecule has 0 spiro atoms. The first-order valence-corrected chi connectivity index (χ1v) is 13.6. The van der Waals surface area contributed by atoms with E-state index in [-0.39, 0.29) is 35.0 Å². The number of aromatic amines is 1. The van der Waals surface area contributed by atoms with Crippen LogP contribution in [0.25, 0.3) is 44.0 Å². The van der Waals surface area contributed by atoms with Gasteiger partial charge in [0.15, 0.2) is 5.65 Å². The Bertz CT molecular complexity index is 1720. The number of rotatable bonds is 5. The first-order valence-electron chi connectivity index (χ1n) is 12.7. The number of carbonyl (C=O) groups is 1. The summed E-state index contributed by atoms with van der Waals surface area (Å²) >= 11 is 1.55. The summed E-state index contributed by atoms with van der Waals surface area (Å²) in [5, 5.41) is 20.7. The molecule has 40 heavy (non-hydrogen) atoms. The zero-order valence-electron chi connectivity index (χ0n) is 21.6. The fourth-order valence-electron chi connectivity index (χ4n) is 5.16. The molecule has 1 N–H and O–H groups in total. The lowest BCUT2D eigenvalue weighted by Crippen LogP contribution is -2.29. The number of halogens is 2. The number of piperidine rings is 1. The van der Waals surface area contributed by atoms with Crippen LogP contribution in [0.4, 0.5) is 10.1 Å². The Kier molecular flexibility index (Phi) is 7.83. The fourth-order valence-corrected chi connectivity index (χ4v) is 5.88. The second-order valence-electron chi connectivity index (χ2n) is 9.43. The summed E-state index contributed by atoms with van der Waals surface area (Å²) in [5.74, 6) is -1.12. The van der Waals surface area contributed by atoms with Gasteiger partial charge >= 0.3 is 5.97 Å². The minimum absolute atomic E-state index is 0. The summed E-state index contributed by atoms with van der Waals surface area (Å²) in [7, 11) is 0. The van der Waals surface area contributed by atoms with Crippen molar-refractivity contribution in [2.75, 3.05) is 18.0 Å². The Morgan fingerprint density at radius 3 is 2.55 bits per heavy atom. The minimum atomic E-state index is -0.655. The van der Waals surface area contributed by atoms with Gasteiger partial charge in [-0.25, -0.2) is 9.37 Å². The number of esters is 1. The summed E-state index contributed by atoms with van der Waals surface area (Å²) in [4.78, 5) is 19.3. The van der Waals surface area contributed by atoms with Crippen molar-refractivity contribution in [1.82, 2.24) is 15.2 Å². The van der Waals surface area contributed by atoms with Crippen molar-refractivity contribution in [3.63, 3.8) is 0 Å². The zero-order chi connectivity index (χ0) is 26.9. The molecule has 0 amide bonds. The van der Waals surface area contributed by atoms with Crippen LogP contribution in [-0.4, -0.2) is 34.2 Å². The Morgan fingerprint density at radius 1 is 1.12 bits per heavy atom. The molecule has 6 rings (SSSR count). The molecule has 1 fully saturated rings. The molecule has 10 heteroatoms. The Morgan fingerprint density at radius 2 is 1.90 bits per heavy atom. The van der Waals surface area contributed by atoms with Crippen LogP contribution < -0.4 is 9.64 Å². The quantitative estimate of drug-likeness (QED) is 0.174. The van der Waals surface area contributed by atoms with Crippen LogP contribution in [0.5, 0.6) is 5.75 Å². The third-order valence-electron chi connectivity index (χ3n) is 6.92. The van der Waals surface area contributed by atoms with Gasteiger partial charge in [-0.2, -0.15) is 10.4 Å². The van der Waals surface area contributed by atoms with Gasteiger partial charge in [0, 0.05) is 42.9 Å². The topological polar surface area (TPSA) is 94.9 Å². The maximum atomic E-state index is 15.4. The number of H-pyrrole nitrogens is 1. The molecule has 202 valence electrons. The first kappa shape index (κ1) is 27.3. The van der Waals surface area contributed by atoms with Gasteiger partial charge in [0.05, 0.1) is 27.2 Å². The SMILES string of the molecule is CC(=O)Oc1ccc(-c2nc3n[nH]c(-c4cccs4)c3c(-c3ccc(N4CCCCC4)cc3)c2C#N)c(F)c1.Cl. The molecule has 0 atom stereocenters. The van der Waals surface area contributed by atoms with Crippen LogP contribution in [0.1, 0.15) is 31.7 Å². The van der Waals surface area contributed by atoms with Crippen LogP contribution in [0.2, 0.25) is 0 Å². The Balaban J connectivity index is 0.00000323. The molecule has 1 aliphatic heterocycles. The van der Waals surface area contributed by atoms with Crippen molar-refractivity contribution in [1.29, 1.82) is 5.26 Å².